The molecule has 7 bridgehead atoms. The summed E-state index contributed by atoms with van der Waals surface area (Å²) in [5.41, 5.74) is -4.87. The maximum Gasteiger partial charge on any atom is 0.338 e. The lowest BCUT2D eigenvalue weighted by atomic mass is 9.42. The number of carbonyl (C=O) groups excluding carboxylic acids is 2. The summed E-state index contributed by atoms with van der Waals surface area (Å²) in [6, 6.07) is 8.26. The Hall–Kier alpha value is -2.68. The van der Waals surface area contributed by atoms with Crippen molar-refractivity contribution in [3.63, 3.8) is 0 Å². The van der Waals surface area contributed by atoms with E-state index in [1.54, 1.807) is 45.6 Å². The Morgan fingerprint density at radius 1 is 0.852 bits per heavy atom. The fourth-order valence-corrected chi connectivity index (χ4v) is 14.3. The van der Waals surface area contributed by atoms with Crippen LogP contribution in [-0.4, -0.2) is 135 Å². The number of fused-ring (bicyclic) bond motifs is 2. The number of ether oxygens (including phenoxy) is 6. The molecule has 5 aliphatic carbocycles. The number of aliphatic hydroxyl groups is 3. The van der Waals surface area contributed by atoms with Gasteiger partial charge in [-0.15, -0.1) is 0 Å². The van der Waals surface area contributed by atoms with E-state index >= 15 is 0 Å². The van der Waals surface area contributed by atoms with Crippen LogP contribution in [0.5, 0.6) is 0 Å². The van der Waals surface area contributed by atoms with Crippen LogP contribution in [-0.2, 0) is 33.2 Å². The number of likely N-dealkylation sites (tertiary alicyclic amines) is 1. The van der Waals surface area contributed by atoms with Crippen LogP contribution < -0.4 is 0 Å². The topological polar surface area (TPSA) is 153 Å². The van der Waals surface area contributed by atoms with Gasteiger partial charge in [-0.3, -0.25) is 4.79 Å². The summed E-state index contributed by atoms with van der Waals surface area (Å²) in [4.78, 5) is 30.8. The second-order valence-corrected chi connectivity index (χ2v) is 19.1. The van der Waals surface area contributed by atoms with Crippen LogP contribution in [0.1, 0.15) is 107 Å². The predicted molar refractivity (Wildman–Crippen MR) is 230 cm³/mol. The smallest absolute Gasteiger partial charge is 0.338 e. The van der Waals surface area contributed by atoms with E-state index in [1.807, 2.05) is 13.1 Å². The molecule has 3 N–H and O–H groups in total. The lowest BCUT2D eigenvalue weighted by Crippen LogP contribution is -2.81. The third-order valence-corrected chi connectivity index (χ3v) is 16.2. The Labute approximate surface area is 363 Å². The summed E-state index contributed by atoms with van der Waals surface area (Å²) in [5, 5.41) is 38.1. The highest BCUT2D eigenvalue weighted by Gasteiger charge is 2.92. The van der Waals surface area contributed by atoms with Gasteiger partial charge in [-0.2, -0.15) is 0 Å². The molecule has 6 fully saturated rings. The molecule has 1 heterocycles. The van der Waals surface area contributed by atoms with Crippen LogP contribution in [0.25, 0.3) is 0 Å². The van der Waals surface area contributed by atoms with E-state index in [0.717, 1.165) is 44.9 Å². The fourth-order valence-electron chi connectivity index (χ4n) is 14.3. The third-order valence-electron chi connectivity index (χ3n) is 16.2. The van der Waals surface area contributed by atoms with Crippen molar-refractivity contribution in [3.05, 3.63) is 60.2 Å². The zero-order valence-electron chi connectivity index (χ0n) is 37.4. The maximum atomic E-state index is 14.5. The van der Waals surface area contributed by atoms with Gasteiger partial charge in [0.2, 0.25) is 0 Å². The van der Waals surface area contributed by atoms with Crippen molar-refractivity contribution in [2.75, 3.05) is 48.6 Å². The monoisotopic (exact) mass is 852 g/mol. The number of nitrogens with zero attached hydrogens (tertiary/aromatic N) is 1. The molecule has 1 saturated heterocycles. The van der Waals surface area contributed by atoms with E-state index < -0.39 is 88.3 Å². The van der Waals surface area contributed by atoms with Gasteiger partial charge in [0, 0.05) is 82.5 Å². The molecule has 340 valence electrons. The number of allylic oxidation sites excluding steroid dienone is 4. The number of benzene rings is 1. The molecular formula is C49H73NO11. The second kappa shape index (κ2) is 19.2. The lowest BCUT2D eigenvalue weighted by molar-refractivity contribution is -0.321. The molecule has 12 nitrogen and oxygen atoms in total. The summed E-state index contributed by atoms with van der Waals surface area (Å²) < 4.78 is 38.5. The molecule has 6 aliphatic rings. The number of piperidine rings is 1. The number of methoxy groups -OCH3 is 4. The third kappa shape index (κ3) is 7.46. The molecule has 1 unspecified atom stereocenters. The molecule has 1 aromatic rings. The summed E-state index contributed by atoms with van der Waals surface area (Å²) in [6.45, 7) is 2.93. The average molecular weight is 852 g/mol. The van der Waals surface area contributed by atoms with E-state index in [9.17, 15) is 24.9 Å². The molecule has 1 spiro atoms. The fraction of sp³-hybridized carbons (Fsp3) is 0.755. The van der Waals surface area contributed by atoms with Crippen LogP contribution in [0.2, 0.25) is 0 Å². The minimum absolute atomic E-state index is 0.0766. The van der Waals surface area contributed by atoms with E-state index in [-0.39, 0.29) is 31.4 Å². The number of aliphatic hydroxyl groups excluding tert-OH is 2. The number of unbranched alkanes of at least 4 members (excludes halogenated alkanes) is 8. The Kier molecular flexibility index (Phi) is 14.6. The van der Waals surface area contributed by atoms with Crippen molar-refractivity contribution in [2.45, 2.75) is 151 Å². The maximum absolute atomic E-state index is 14.5. The summed E-state index contributed by atoms with van der Waals surface area (Å²) in [7, 11) is 8.37. The zero-order valence-corrected chi connectivity index (χ0v) is 37.4. The quantitative estimate of drug-likeness (QED) is 0.0708. The van der Waals surface area contributed by atoms with Gasteiger partial charge >= 0.3 is 11.9 Å². The van der Waals surface area contributed by atoms with Gasteiger partial charge in [0.05, 0.1) is 30.5 Å². The minimum atomic E-state index is -1.85. The van der Waals surface area contributed by atoms with E-state index in [2.05, 4.69) is 36.1 Å². The summed E-state index contributed by atoms with van der Waals surface area (Å²) in [6.07, 6.45) is 15.1. The van der Waals surface area contributed by atoms with Gasteiger partial charge < -0.3 is 48.6 Å². The van der Waals surface area contributed by atoms with Crippen LogP contribution in [0.4, 0.5) is 0 Å². The first-order chi connectivity index (χ1) is 29.5. The Balaban J connectivity index is 1.18. The number of hydrogen-bond donors (Lipinski definition) is 3. The minimum Gasteiger partial charge on any atom is -0.455 e. The first kappa shape index (κ1) is 46.3. The molecule has 1 aliphatic heterocycles. The van der Waals surface area contributed by atoms with Gasteiger partial charge in [0.1, 0.15) is 23.9 Å². The molecule has 7 rings (SSSR count). The average Bonchev–Trinajstić information content (AvgIpc) is 3.64. The molecule has 12 heteroatoms. The van der Waals surface area contributed by atoms with Crippen molar-refractivity contribution in [2.24, 2.45) is 34.5 Å². The number of carbonyl (C=O) groups is 2. The van der Waals surface area contributed by atoms with Crippen molar-refractivity contribution in [1.82, 2.24) is 4.90 Å². The molecular weight excluding hydrogens is 779 g/mol. The SMILES string of the molecule is CCCCC/C=C\C/C=C\CCCCCCCC(=O)O[C@]12[C@H]3[C@@H](OC(=O)c4ccccc4)[C@](O)(C[C@H]3[C@@]34C5[C@@H]1[C@H](OC)[C@@H]3[C@](COC)(CN5C)[C@H](O)C[C@@H]4OC)[C@@H](OC)[C@@H]2O. The number of hydrogen-bond acceptors (Lipinski definition) is 12. The summed E-state index contributed by atoms with van der Waals surface area (Å²) >= 11 is 0. The van der Waals surface area contributed by atoms with Gasteiger partial charge in [0.25, 0.3) is 0 Å². The largest absolute Gasteiger partial charge is 0.455 e. The highest BCUT2D eigenvalue weighted by molar-refractivity contribution is 5.89. The van der Waals surface area contributed by atoms with Crippen LogP contribution in [0.3, 0.4) is 0 Å². The Morgan fingerprint density at radius 3 is 2.20 bits per heavy atom. The summed E-state index contributed by atoms with van der Waals surface area (Å²) in [5.74, 6) is -3.54. The lowest BCUT2D eigenvalue weighted by Gasteiger charge is -2.70. The van der Waals surface area contributed by atoms with Gasteiger partial charge in [-0.25, -0.2) is 4.79 Å². The number of esters is 2. The Bertz CT molecular complexity index is 1710. The normalized spacial score (nSPS) is 40.8. The molecule has 61 heavy (non-hydrogen) atoms. The van der Waals surface area contributed by atoms with E-state index in [1.165, 1.54) is 26.4 Å². The van der Waals surface area contributed by atoms with Gasteiger partial charge in [-0.1, -0.05) is 81.5 Å². The predicted octanol–water partition coefficient (Wildman–Crippen LogP) is 6.05. The Morgan fingerprint density at radius 2 is 1.54 bits per heavy atom. The molecule has 1 aromatic carbocycles. The molecule has 0 radical (unpaired) electrons. The standard InChI is InChI=1S/C49H73NO11/c1-7-8-9-10-11-12-13-14-15-16-17-18-19-20-24-27-36(52)61-49-37-33(29-47(55,44(59-6)42(49)53)43(37)60-45(54)32-25-22-21-23-26-32)48-35(57-4)28-34(51)46(31-56-3)30-50(2)41(48)38(49)39(58-5)40(46)48/h11-12,14-15,21-23,25-26,33-35,37-44,51,53,55H,7-10,13,16-20,24,27-31H2,1-6H3/b12-11-,15-14-/t33-,34-,35+,37-,38+,39+,40-,41?,42+,43-,44+,46+,47-,48+,49-/m1/s1. The molecule has 15 atom stereocenters. The highest BCUT2D eigenvalue weighted by Crippen LogP contribution is 2.80. The van der Waals surface area contributed by atoms with Crippen molar-refractivity contribution in [3.8, 4) is 0 Å². The first-order valence-electron chi connectivity index (χ1n) is 23.1. The first-order valence-corrected chi connectivity index (χ1v) is 23.1. The van der Waals surface area contributed by atoms with Gasteiger partial charge in [-0.05, 0) is 70.0 Å². The van der Waals surface area contributed by atoms with Crippen LogP contribution in [0, 0.1) is 34.5 Å². The molecule has 5 saturated carbocycles. The van der Waals surface area contributed by atoms with E-state index in [4.69, 9.17) is 28.4 Å². The molecule has 0 aromatic heterocycles. The van der Waals surface area contributed by atoms with Crippen LogP contribution in [0.15, 0.2) is 54.6 Å². The van der Waals surface area contributed by atoms with E-state index in [0.29, 0.717) is 24.9 Å². The molecule has 0 amide bonds. The van der Waals surface area contributed by atoms with Crippen molar-refractivity contribution in [1.29, 1.82) is 0 Å². The number of rotatable bonds is 22. The van der Waals surface area contributed by atoms with Crippen molar-refractivity contribution < 1.29 is 53.3 Å². The highest BCUT2D eigenvalue weighted by atomic mass is 16.6. The second-order valence-electron chi connectivity index (χ2n) is 19.1. The van der Waals surface area contributed by atoms with Crippen molar-refractivity contribution >= 4 is 11.9 Å². The zero-order chi connectivity index (χ0) is 43.6. The van der Waals surface area contributed by atoms with Crippen LogP contribution >= 0.6 is 0 Å². The van der Waals surface area contributed by atoms with Gasteiger partial charge in [0.15, 0.2) is 5.60 Å².